The Hall–Kier alpha value is -2.35. The summed E-state index contributed by atoms with van der Waals surface area (Å²) >= 11 is 0. The predicted molar refractivity (Wildman–Crippen MR) is 83.6 cm³/mol. The molecule has 1 amide bonds. The molecule has 0 unspecified atom stereocenters. The number of amides is 1. The first-order valence-corrected chi connectivity index (χ1v) is 8.31. The molecule has 0 aliphatic heterocycles. The maximum Gasteiger partial charge on any atom is 0.501 e. The molecule has 0 aliphatic carbocycles. The summed E-state index contributed by atoms with van der Waals surface area (Å²) in [5.74, 6) is -0.547. The number of alkyl halides is 3. The van der Waals surface area contributed by atoms with Crippen molar-refractivity contribution in [3.8, 4) is 0 Å². The number of sulfone groups is 1. The van der Waals surface area contributed by atoms with Gasteiger partial charge in [0.15, 0.2) is 0 Å². The van der Waals surface area contributed by atoms with Gasteiger partial charge in [0.2, 0.25) is 0 Å². The summed E-state index contributed by atoms with van der Waals surface area (Å²) in [4.78, 5) is 11.2. The van der Waals surface area contributed by atoms with E-state index in [0.29, 0.717) is 5.69 Å². The van der Waals surface area contributed by atoms with Gasteiger partial charge in [-0.15, -0.1) is 0 Å². The lowest BCUT2D eigenvalue weighted by molar-refractivity contribution is -0.0436. The van der Waals surface area contributed by atoms with Crippen molar-refractivity contribution in [1.82, 2.24) is 0 Å². The zero-order valence-corrected chi connectivity index (χ0v) is 13.6. The third-order valence-corrected chi connectivity index (χ3v) is 5.00. The van der Waals surface area contributed by atoms with Crippen LogP contribution in [0.15, 0.2) is 47.4 Å². The highest BCUT2D eigenvalue weighted by Crippen LogP contribution is 2.30. The molecule has 0 spiro atoms. The van der Waals surface area contributed by atoms with Crippen LogP contribution in [0.25, 0.3) is 0 Å². The van der Waals surface area contributed by atoms with Gasteiger partial charge in [0.25, 0.3) is 15.7 Å². The molecule has 24 heavy (non-hydrogen) atoms. The fraction of sp³-hybridized carbons (Fsp3) is 0.188. The van der Waals surface area contributed by atoms with E-state index in [0.717, 1.165) is 35.4 Å². The Balaban J connectivity index is 2.21. The summed E-state index contributed by atoms with van der Waals surface area (Å²) in [5.41, 5.74) is -2.77. The smallest absolute Gasteiger partial charge is 0.322 e. The molecule has 4 nitrogen and oxygen atoms in total. The second kappa shape index (κ2) is 6.27. The molecule has 0 aliphatic rings. The van der Waals surface area contributed by atoms with Crippen LogP contribution in [-0.2, 0) is 9.84 Å². The van der Waals surface area contributed by atoms with Crippen molar-refractivity contribution in [3.63, 3.8) is 0 Å². The summed E-state index contributed by atoms with van der Waals surface area (Å²) < 4.78 is 59.9. The molecule has 1 N–H and O–H groups in total. The van der Waals surface area contributed by atoms with Crippen molar-refractivity contribution in [1.29, 1.82) is 0 Å². The van der Waals surface area contributed by atoms with Crippen molar-refractivity contribution >= 4 is 21.4 Å². The Morgan fingerprint density at radius 1 is 0.958 bits per heavy atom. The van der Waals surface area contributed by atoms with Crippen LogP contribution in [0.5, 0.6) is 0 Å². The number of hydrogen-bond donors (Lipinski definition) is 1. The zero-order valence-electron chi connectivity index (χ0n) is 12.8. The van der Waals surface area contributed by atoms with Gasteiger partial charge in [0.05, 0.1) is 4.90 Å². The first-order chi connectivity index (χ1) is 11.0. The topological polar surface area (TPSA) is 63.2 Å². The summed E-state index contributed by atoms with van der Waals surface area (Å²) in [6.07, 6.45) is 0. The molecule has 0 saturated carbocycles. The van der Waals surface area contributed by atoms with Gasteiger partial charge in [-0.2, -0.15) is 13.2 Å². The minimum atomic E-state index is -5.42. The molecule has 0 atom stereocenters. The van der Waals surface area contributed by atoms with Crippen LogP contribution in [0.3, 0.4) is 0 Å². The lowest BCUT2D eigenvalue weighted by Gasteiger charge is -2.10. The Morgan fingerprint density at radius 3 is 2.04 bits per heavy atom. The lowest BCUT2D eigenvalue weighted by Crippen LogP contribution is -2.23. The summed E-state index contributed by atoms with van der Waals surface area (Å²) in [7, 11) is -5.42. The Bertz CT molecular complexity index is 872. The predicted octanol–water partition coefficient (Wildman–Crippen LogP) is 3.85. The van der Waals surface area contributed by atoms with Crippen LogP contribution >= 0.6 is 0 Å². The molecular formula is C16H14F3NO3S. The molecule has 2 aromatic carbocycles. The fourth-order valence-electron chi connectivity index (χ4n) is 1.94. The molecule has 128 valence electrons. The standard InChI is InChI=1S/C16H14F3NO3S/c1-10-3-6-13(9-11(10)2)20-15(21)12-4-7-14(8-5-12)24(22,23)16(17,18)19/h3-9H,1-2H3,(H,20,21). The average Bonchev–Trinajstić information content (AvgIpc) is 2.50. The molecule has 0 radical (unpaired) electrons. The first kappa shape index (κ1) is 18.0. The van der Waals surface area contributed by atoms with Crippen LogP contribution < -0.4 is 5.32 Å². The molecule has 0 heterocycles. The quantitative estimate of drug-likeness (QED) is 0.908. The van der Waals surface area contributed by atoms with Gasteiger partial charge in [0, 0.05) is 11.3 Å². The number of benzene rings is 2. The van der Waals surface area contributed by atoms with Crippen molar-refractivity contribution in [2.75, 3.05) is 5.32 Å². The van der Waals surface area contributed by atoms with E-state index >= 15 is 0 Å². The molecule has 0 saturated heterocycles. The van der Waals surface area contributed by atoms with Crippen molar-refractivity contribution in [3.05, 3.63) is 59.2 Å². The summed E-state index contributed by atoms with van der Waals surface area (Å²) in [6.45, 7) is 3.79. The Kier molecular flexibility index (Phi) is 4.70. The van der Waals surface area contributed by atoms with E-state index in [4.69, 9.17) is 0 Å². The number of halogens is 3. The van der Waals surface area contributed by atoms with Crippen LogP contribution in [0.4, 0.5) is 18.9 Å². The van der Waals surface area contributed by atoms with Gasteiger partial charge in [-0.3, -0.25) is 4.79 Å². The Labute approximate surface area is 137 Å². The second-order valence-electron chi connectivity index (χ2n) is 5.23. The van der Waals surface area contributed by atoms with Crippen LogP contribution in [0.1, 0.15) is 21.5 Å². The summed E-state index contributed by atoms with van der Waals surface area (Å²) in [5, 5.41) is 2.60. The molecule has 2 rings (SSSR count). The number of anilines is 1. The van der Waals surface area contributed by atoms with Crippen LogP contribution in [0, 0.1) is 13.8 Å². The first-order valence-electron chi connectivity index (χ1n) is 6.82. The number of nitrogens with one attached hydrogen (secondary N) is 1. The highest BCUT2D eigenvalue weighted by Gasteiger charge is 2.46. The average molecular weight is 357 g/mol. The number of carbonyl (C=O) groups is 1. The van der Waals surface area contributed by atoms with E-state index in [1.54, 1.807) is 12.1 Å². The number of rotatable bonds is 3. The van der Waals surface area contributed by atoms with Crippen LogP contribution in [0.2, 0.25) is 0 Å². The highest BCUT2D eigenvalue weighted by atomic mass is 32.2. The molecule has 0 aromatic heterocycles. The molecule has 8 heteroatoms. The number of carbonyl (C=O) groups excluding carboxylic acids is 1. The van der Waals surface area contributed by atoms with Gasteiger partial charge in [-0.05, 0) is 61.4 Å². The van der Waals surface area contributed by atoms with E-state index in [1.165, 1.54) is 0 Å². The van der Waals surface area contributed by atoms with E-state index in [9.17, 15) is 26.4 Å². The SMILES string of the molecule is Cc1ccc(NC(=O)c2ccc(S(=O)(=O)C(F)(F)F)cc2)cc1C. The van der Waals surface area contributed by atoms with E-state index in [1.807, 2.05) is 19.9 Å². The molecule has 0 bridgehead atoms. The Morgan fingerprint density at radius 2 is 1.54 bits per heavy atom. The summed E-state index contributed by atoms with van der Waals surface area (Å²) in [6, 6.07) is 8.88. The fourth-order valence-corrected chi connectivity index (χ4v) is 2.70. The monoisotopic (exact) mass is 357 g/mol. The molecule has 2 aromatic rings. The molecule has 0 fully saturated rings. The number of aryl methyl sites for hydroxylation is 2. The van der Waals surface area contributed by atoms with Crippen molar-refractivity contribution < 1.29 is 26.4 Å². The minimum Gasteiger partial charge on any atom is -0.322 e. The maximum atomic E-state index is 12.5. The van der Waals surface area contributed by atoms with Crippen LogP contribution in [-0.4, -0.2) is 19.8 Å². The third-order valence-electron chi connectivity index (χ3n) is 3.50. The maximum absolute atomic E-state index is 12.5. The van der Waals surface area contributed by atoms with E-state index < -0.39 is 26.1 Å². The van der Waals surface area contributed by atoms with Crippen molar-refractivity contribution in [2.24, 2.45) is 0 Å². The second-order valence-corrected chi connectivity index (χ2v) is 7.17. The van der Waals surface area contributed by atoms with Gasteiger partial charge in [-0.1, -0.05) is 6.07 Å². The normalized spacial score (nSPS) is 12.0. The lowest BCUT2D eigenvalue weighted by atomic mass is 10.1. The van der Waals surface area contributed by atoms with Gasteiger partial charge >= 0.3 is 5.51 Å². The van der Waals surface area contributed by atoms with Gasteiger partial charge in [0.1, 0.15) is 0 Å². The minimum absolute atomic E-state index is 0.0503. The number of hydrogen-bond acceptors (Lipinski definition) is 3. The molecular weight excluding hydrogens is 343 g/mol. The van der Waals surface area contributed by atoms with E-state index in [-0.39, 0.29) is 5.56 Å². The zero-order chi connectivity index (χ0) is 18.1. The highest BCUT2D eigenvalue weighted by molar-refractivity contribution is 7.92. The van der Waals surface area contributed by atoms with Gasteiger partial charge in [-0.25, -0.2) is 8.42 Å². The van der Waals surface area contributed by atoms with E-state index in [2.05, 4.69) is 5.32 Å². The van der Waals surface area contributed by atoms with Gasteiger partial charge < -0.3 is 5.32 Å². The van der Waals surface area contributed by atoms with Crippen molar-refractivity contribution in [2.45, 2.75) is 24.3 Å². The largest absolute Gasteiger partial charge is 0.501 e. The third kappa shape index (κ3) is 3.59.